The first kappa shape index (κ1) is 31.4. The number of unbranched alkanes of at least 4 members (excludes halogenated alkanes) is 2. The van der Waals surface area contributed by atoms with Gasteiger partial charge in [0.05, 0.1) is 6.61 Å². The van der Waals surface area contributed by atoms with Crippen molar-refractivity contribution in [3.8, 4) is 0 Å². The van der Waals surface area contributed by atoms with E-state index in [1.54, 1.807) is 20.8 Å². The summed E-state index contributed by atoms with van der Waals surface area (Å²) in [5, 5.41) is 15.6. The quantitative estimate of drug-likeness (QED) is 0.341. The van der Waals surface area contributed by atoms with Gasteiger partial charge in [-0.2, -0.15) is 0 Å². The molecule has 8 nitrogen and oxygen atoms in total. The second-order valence-electron chi connectivity index (χ2n) is 10.6. The molecule has 0 bridgehead atoms. The molecule has 0 aliphatic heterocycles. The molecule has 3 atom stereocenters. The molecule has 0 saturated carbocycles. The molecule has 0 aliphatic carbocycles. The van der Waals surface area contributed by atoms with Crippen molar-refractivity contribution in [2.75, 3.05) is 13.2 Å². The molecule has 3 unspecified atom stereocenters. The normalized spacial score (nSPS) is 13.9. The Balaban J connectivity index is 3.44. The lowest BCUT2D eigenvalue weighted by Gasteiger charge is -2.35. The second kappa shape index (κ2) is 14.8. The molecule has 1 rings (SSSR count). The van der Waals surface area contributed by atoms with Crippen molar-refractivity contribution < 1.29 is 24.2 Å². The van der Waals surface area contributed by atoms with Crippen LogP contribution < -0.4 is 10.6 Å². The van der Waals surface area contributed by atoms with Gasteiger partial charge in [-0.25, -0.2) is 4.79 Å². The molecule has 1 aromatic carbocycles. The highest BCUT2D eigenvalue weighted by Crippen LogP contribution is 2.26. The van der Waals surface area contributed by atoms with E-state index in [9.17, 15) is 19.5 Å². The fraction of sp³-hybridized carbons (Fsp3) is 0.679. The van der Waals surface area contributed by atoms with E-state index in [4.69, 9.17) is 4.74 Å². The third-order valence-corrected chi connectivity index (χ3v) is 5.97. The zero-order valence-corrected chi connectivity index (χ0v) is 23.4. The van der Waals surface area contributed by atoms with Crippen molar-refractivity contribution in [1.82, 2.24) is 15.5 Å². The number of hydrogen-bond donors (Lipinski definition) is 3. The Morgan fingerprint density at radius 1 is 1.03 bits per heavy atom. The first-order chi connectivity index (χ1) is 16.8. The van der Waals surface area contributed by atoms with E-state index in [-0.39, 0.29) is 11.9 Å². The van der Waals surface area contributed by atoms with Crippen molar-refractivity contribution >= 4 is 17.9 Å². The van der Waals surface area contributed by atoms with Crippen LogP contribution in [0.4, 0.5) is 4.79 Å². The minimum atomic E-state index is -1.24. The van der Waals surface area contributed by atoms with Crippen LogP contribution in [0.5, 0.6) is 0 Å². The number of alkyl carbamates (subject to hydrolysis) is 1. The third-order valence-electron chi connectivity index (χ3n) is 5.97. The standard InChI is InChI=1S/C28H47N3O5/c1-9-11-12-16-31(26(34)23(18-32)30-27(35)36-28(6,7)8)24(25(33)29-21(5)13-10-2)22-15-14-19(3)20(4)17-22/h14-15,17,21,23-24,32H,9-13,16,18H2,1-8H3,(H,29,33)(H,30,35). The Bertz CT molecular complexity index is 865. The molecule has 0 saturated heterocycles. The Labute approximate surface area is 217 Å². The molecule has 36 heavy (non-hydrogen) atoms. The molecule has 0 radical (unpaired) electrons. The van der Waals surface area contributed by atoms with Crippen molar-refractivity contribution in [2.24, 2.45) is 0 Å². The molecule has 0 aliphatic rings. The number of amides is 3. The summed E-state index contributed by atoms with van der Waals surface area (Å²) >= 11 is 0. The van der Waals surface area contributed by atoms with Crippen LogP contribution in [-0.2, 0) is 14.3 Å². The van der Waals surface area contributed by atoms with Crippen LogP contribution in [0.1, 0.15) is 96.4 Å². The van der Waals surface area contributed by atoms with Crippen LogP contribution in [0.3, 0.4) is 0 Å². The molecule has 3 amide bonds. The van der Waals surface area contributed by atoms with Crippen LogP contribution >= 0.6 is 0 Å². The zero-order chi connectivity index (χ0) is 27.5. The average Bonchev–Trinajstić information content (AvgIpc) is 2.77. The third kappa shape index (κ3) is 10.2. The number of aliphatic hydroxyl groups excluding tert-OH is 1. The van der Waals surface area contributed by atoms with E-state index in [1.165, 1.54) is 4.90 Å². The topological polar surface area (TPSA) is 108 Å². The summed E-state index contributed by atoms with van der Waals surface area (Å²) in [7, 11) is 0. The lowest BCUT2D eigenvalue weighted by atomic mass is 9.97. The SMILES string of the molecule is CCCCCN(C(=O)C(CO)NC(=O)OC(C)(C)C)C(C(=O)NC(C)CCC)c1ccc(C)c(C)c1. The fourth-order valence-electron chi connectivity index (χ4n) is 3.97. The summed E-state index contributed by atoms with van der Waals surface area (Å²) in [4.78, 5) is 41.3. The Morgan fingerprint density at radius 2 is 1.69 bits per heavy atom. The maximum Gasteiger partial charge on any atom is 0.408 e. The Kier molecular flexibility index (Phi) is 12.9. The van der Waals surface area contributed by atoms with Crippen molar-refractivity contribution in [1.29, 1.82) is 0 Å². The van der Waals surface area contributed by atoms with Crippen LogP contribution in [0.2, 0.25) is 0 Å². The summed E-state index contributed by atoms with van der Waals surface area (Å²) in [5.41, 5.74) is 2.03. The monoisotopic (exact) mass is 505 g/mol. The van der Waals surface area contributed by atoms with E-state index in [1.807, 2.05) is 39.0 Å². The van der Waals surface area contributed by atoms with Crippen molar-refractivity contribution in [3.63, 3.8) is 0 Å². The zero-order valence-electron chi connectivity index (χ0n) is 23.4. The molecule has 0 fully saturated rings. The van der Waals surface area contributed by atoms with Crippen LogP contribution in [0, 0.1) is 13.8 Å². The Morgan fingerprint density at radius 3 is 2.22 bits per heavy atom. The molecule has 1 aromatic rings. The van der Waals surface area contributed by atoms with Gasteiger partial charge < -0.3 is 25.4 Å². The van der Waals surface area contributed by atoms with Gasteiger partial charge in [-0.15, -0.1) is 0 Å². The van der Waals surface area contributed by atoms with Gasteiger partial charge in [0.25, 0.3) is 0 Å². The minimum absolute atomic E-state index is 0.0577. The van der Waals surface area contributed by atoms with Gasteiger partial charge >= 0.3 is 6.09 Å². The van der Waals surface area contributed by atoms with Crippen LogP contribution in [0.25, 0.3) is 0 Å². The van der Waals surface area contributed by atoms with E-state index < -0.39 is 36.3 Å². The molecular formula is C28H47N3O5. The number of ether oxygens (including phenoxy) is 1. The van der Waals surface area contributed by atoms with Gasteiger partial charge in [-0.1, -0.05) is 51.3 Å². The highest BCUT2D eigenvalue weighted by atomic mass is 16.6. The van der Waals surface area contributed by atoms with E-state index >= 15 is 0 Å². The summed E-state index contributed by atoms with van der Waals surface area (Å²) in [6.07, 6.45) is 3.44. The number of nitrogens with zero attached hydrogens (tertiary/aromatic N) is 1. The summed E-state index contributed by atoms with van der Waals surface area (Å²) in [6, 6.07) is 3.54. The summed E-state index contributed by atoms with van der Waals surface area (Å²) in [6.45, 7) is 14.9. The van der Waals surface area contributed by atoms with Crippen LogP contribution in [-0.4, -0.2) is 58.8 Å². The second-order valence-corrected chi connectivity index (χ2v) is 10.6. The number of carbonyl (C=O) groups is 3. The van der Waals surface area contributed by atoms with Crippen molar-refractivity contribution in [3.05, 3.63) is 34.9 Å². The predicted molar refractivity (Wildman–Crippen MR) is 143 cm³/mol. The minimum Gasteiger partial charge on any atom is -0.444 e. The molecule has 0 heterocycles. The molecule has 3 N–H and O–H groups in total. The van der Waals surface area contributed by atoms with Gasteiger partial charge in [-0.3, -0.25) is 9.59 Å². The molecular weight excluding hydrogens is 458 g/mol. The van der Waals surface area contributed by atoms with Gasteiger partial charge in [0.15, 0.2) is 0 Å². The Hall–Kier alpha value is -2.61. The molecule has 8 heteroatoms. The van der Waals surface area contributed by atoms with Gasteiger partial charge in [0.1, 0.15) is 17.7 Å². The molecule has 204 valence electrons. The van der Waals surface area contributed by atoms with Gasteiger partial charge in [0.2, 0.25) is 11.8 Å². The molecule has 0 spiro atoms. The lowest BCUT2D eigenvalue weighted by Crippen LogP contribution is -2.55. The number of benzene rings is 1. The summed E-state index contributed by atoms with van der Waals surface area (Å²) in [5.74, 6) is -0.806. The number of carbonyl (C=O) groups excluding carboxylic acids is 3. The predicted octanol–water partition coefficient (Wildman–Crippen LogP) is 4.55. The average molecular weight is 506 g/mol. The largest absolute Gasteiger partial charge is 0.444 e. The highest BCUT2D eigenvalue weighted by molar-refractivity contribution is 5.92. The molecule has 0 aromatic heterocycles. The first-order valence-corrected chi connectivity index (χ1v) is 13.1. The van der Waals surface area contributed by atoms with Gasteiger partial charge in [0, 0.05) is 12.6 Å². The smallest absolute Gasteiger partial charge is 0.408 e. The fourth-order valence-corrected chi connectivity index (χ4v) is 3.97. The first-order valence-electron chi connectivity index (χ1n) is 13.1. The highest BCUT2D eigenvalue weighted by Gasteiger charge is 2.36. The number of rotatable bonds is 13. The number of aliphatic hydroxyl groups is 1. The lowest BCUT2D eigenvalue weighted by molar-refractivity contribution is -0.143. The maximum atomic E-state index is 13.8. The number of hydrogen-bond acceptors (Lipinski definition) is 5. The van der Waals surface area contributed by atoms with Crippen LogP contribution in [0.15, 0.2) is 18.2 Å². The summed E-state index contributed by atoms with van der Waals surface area (Å²) < 4.78 is 5.29. The van der Waals surface area contributed by atoms with Gasteiger partial charge in [-0.05, 0) is 71.1 Å². The van der Waals surface area contributed by atoms with E-state index in [2.05, 4.69) is 24.5 Å². The number of aryl methyl sites for hydroxylation is 2. The number of nitrogens with one attached hydrogen (secondary N) is 2. The van der Waals surface area contributed by atoms with E-state index in [0.717, 1.165) is 36.8 Å². The van der Waals surface area contributed by atoms with Crippen molar-refractivity contribution in [2.45, 2.75) is 111 Å². The maximum absolute atomic E-state index is 13.8. The van der Waals surface area contributed by atoms with E-state index in [0.29, 0.717) is 18.5 Å².